The molecule has 0 bridgehead atoms. The Morgan fingerprint density at radius 1 is 1.57 bits per heavy atom. The van der Waals surface area contributed by atoms with Crippen molar-refractivity contribution in [3.63, 3.8) is 0 Å². The van der Waals surface area contributed by atoms with Gasteiger partial charge in [0.2, 0.25) is 0 Å². The van der Waals surface area contributed by atoms with Gasteiger partial charge in [-0.25, -0.2) is 4.68 Å². The first kappa shape index (κ1) is 14.4. The number of nitrogens with zero attached hydrogens (tertiary/aromatic N) is 3. The average Bonchev–Trinajstić information content (AvgIpc) is 2.75. The van der Waals surface area contributed by atoms with Crippen molar-refractivity contribution in [1.29, 1.82) is 0 Å². The summed E-state index contributed by atoms with van der Waals surface area (Å²) in [5.74, 6) is 0.217. The Morgan fingerprint density at radius 2 is 2.29 bits per heavy atom. The molecular formula is C14H14N4O3. The van der Waals surface area contributed by atoms with E-state index in [0.29, 0.717) is 24.1 Å². The highest BCUT2D eigenvalue weighted by Gasteiger charge is 2.18. The molecule has 0 aliphatic rings. The lowest BCUT2D eigenvalue weighted by Gasteiger charge is -2.02. The minimum absolute atomic E-state index is 0.0719. The zero-order valence-corrected chi connectivity index (χ0v) is 11.4. The van der Waals surface area contributed by atoms with Gasteiger partial charge in [-0.3, -0.25) is 14.9 Å². The number of aromatic nitrogens is 2. The average molecular weight is 286 g/mol. The number of anilines is 1. The van der Waals surface area contributed by atoms with Crippen molar-refractivity contribution >= 4 is 17.8 Å². The lowest BCUT2D eigenvalue weighted by molar-refractivity contribution is -0.384. The number of rotatable bonds is 5. The summed E-state index contributed by atoms with van der Waals surface area (Å²) in [4.78, 5) is 21.6. The van der Waals surface area contributed by atoms with Crippen LogP contribution in [-0.2, 0) is 6.54 Å². The number of hydrogen-bond donors (Lipinski definition) is 1. The van der Waals surface area contributed by atoms with Crippen LogP contribution in [0, 0.1) is 10.1 Å². The lowest BCUT2D eigenvalue weighted by atomic mass is 10.1. The van der Waals surface area contributed by atoms with E-state index in [2.05, 4.69) is 11.7 Å². The van der Waals surface area contributed by atoms with Crippen molar-refractivity contribution in [1.82, 2.24) is 9.78 Å². The molecule has 0 saturated heterocycles. The van der Waals surface area contributed by atoms with Crippen molar-refractivity contribution < 1.29 is 9.72 Å². The van der Waals surface area contributed by atoms with Crippen molar-refractivity contribution in [3.8, 4) is 11.3 Å². The molecule has 1 aromatic carbocycles. The van der Waals surface area contributed by atoms with Crippen LogP contribution < -0.4 is 5.73 Å². The number of carbonyl (C=O) groups is 1. The van der Waals surface area contributed by atoms with E-state index in [0.717, 1.165) is 5.57 Å². The molecule has 0 unspecified atom stereocenters. The van der Waals surface area contributed by atoms with Crippen LogP contribution in [0.4, 0.5) is 11.5 Å². The van der Waals surface area contributed by atoms with Gasteiger partial charge in [-0.2, -0.15) is 5.10 Å². The first-order valence-corrected chi connectivity index (χ1v) is 6.14. The molecule has 0 amide bonds. The summed E-state index contributed by atoms with van der Waals surface area (Å²) < 4.78 is 1.46. The number of carbonyl (C=O) groups excluding carboxylic acids is 1. The molecule has 0 aliphatic carbocycles. The van der Waals surface area contributed by atoms with Crippen LogP contribution in [0.25, 0.3) is 11.3 Å². The number of non-ortho nitro benzene ring substituents is 1. The first-order chi connectivity index (χ1) is 9.93. The van der Waals surface area contributed by atoms with Crippen LogP contribution in [-0.4, -0.2) is 21.0 Å². The molecule has 0 radical (unpaired) electrons. The fourth-order valence-corrected chi connectivity index (χ4v) is 1.96. The van der Waals surface area contributed by atoms with Gasteiger partial charge in [0, 0.05) is 17.7 Å². The Labute approximate surface area is 120 Å². The summed E-state index contributed by atoms with van der Waals surface area (Å²) >= 11 is 0. The van der Waals surface area contributed by atoms with Gasteiger partial charge in [0.15, 0.2) is 6.29 Å². The molecule has 21 heavy (non-hydrogen) atoms. The fourth-order valence-electron chi connectivity index (χ4n) is 1.96. The third-order valence-electron chi connectivity index (χ3n) is 2.90. The Kier molecular flexibility index (Phi) is 3.84. The highest BCUT2D eigenvalue weighted by molar-refractivity contribution is 5.91. The van der Waals surface area contributed by atoms with E-state index in [4.69, 9.17) is 5.73 Å². The van der Waals surface area contributed by atoms with Crippen LogP contribution in [0.15, 0.2) is 36.4 Å². The van der Waals surface area contributed by atoms with Gasteiger partial charge < -0.3 is 5.73 Å². The number of aldehydes is 1. The molecule has 0 aliphatic heterocycles. The standard InChI is InChI=1S/C14H14N4O3/c1-9(2)7-17-14(15)12(8-19)13(16-17)10-4-3-5-11(6-10)18(20)21/h3-6,8H,1,7,15H2,2H3. The maximum absolute atomic E-state index is 11.2. The monoisotopic (exact) mass is 286 g/mol. The topological polar surface area (TPSA) is 104 Å². The van der Waals surface area contributed by atoms with E-state index >= 15 is 0 Å². The summed E-state index contributed by atoms with van der Waals surface area (Å²) in [5.41, 5.74) is 7.66. The predicted octanol–water partition coefficient (Wildman–Crippen LogP) is 2.43. The zero-order chi connectivity index (χ0) is 15.6. The zero-order valence-electron chi connectivity index (χ0n) is 11.4. The highest BCUT2D eigenvalue weighted by Crippen LogP contribution is 2.28. The normalized spacial score (nSPS) is 10.3. The second kappa shape index (κ2) is 5.58. The molecule has 0 atom stereocenters. The van der Waals surface area contributed by atoms with Crippen molar-refractivity contribution in [3.05, 3.63) is 52.1 Å². The molecule has 1 aromatic heterocycles. The van der Waals surface area contributed by atoms with E-state index in [1.54, 1.807) is 6.07 Å². The van der Waals surface area contributed by atoms with Crippen LogP contribution in [0.5, 0.6) is 0 Å². The number of benzene rings is 1. The lowest BCUT2D eigenvalue weighted by Crippen LogP contribution is -2.05. The Morgan fingerprint density at radius 3 is 2.86 bits per heavy atom. The molecular weight excluding hydrogens is 272 g/mol. The van der Waals surface area contributed by atoms with E-state index in [1.165, 1.54) is 22.9 Å². The van der Waals surface area contributed by atoms with Gasteiger partial charge in [-0.1, -0.05) is 24.3 Å². The molecule has 0 spiro atoms. The molecule has 2 N–H and O–H groups in total. The fraction of sp³-hybridized carbons (Fsp3) is 0.143. The third kappa shape index (κ3) is 2.81. The number of nitrogen functional groups attached to an aromatic ring is 1. The van der Waals surface area contributed by atoms with Crippen molar-refractivity contribution in [2.45, 2.75) is 13.5 Å². The van der Waals surface area contributed by atoms with Gasteiger partial charge in [0.1, 0.15) is 11.5 Å². The van der Waals surface area contributed by atoms with Gasteiger partial charge in [-0.15, -0.1) is 0 Å². The quantitative estimate of drug-likeness (QED) is 0.393. The van der Waals surface area contributed by atoms with Gasteiger partial charge in [0.25, 0.3) is 5.69 Å². The van der Waals surface area contributed by atoms with Crippen LogP contribution in [0.3, 0.4) is 0 Å². The Balaban J connectivity index is 2.58. The Hall–Kier alpha value is -2.96. The summed E-state index contributed by atoms with van der Waals surface area (Å²) in [7, 11) is 0. The number of nitro benzene ring substituents is 1. The molecule has 1 heterocycles. The molecule has 7 nitrogen and oxygen atoms in total. The minimum atomic E-state index is -0.502. The highest BCUT2D eigenvalue weighted by atomic mass is 16.6. The minimum Gasteiger partial charge on any atom is -0.383 e. The second-order valence-electron chi connectivity index (χ2n) is 4.69. The van der Waals surface area contributed by atoms with Gasteiger partial charge in [0.05, 0.1) is 17.0 Å². The third-order valence-corrected chi connectivity index (χ3v) is 2.90. The molecule has 0 saturated carbocycles. The van der Waals surface area contributed by atoms with Crippen LogP contribution in [0.1, 0.15) is 17.3 Å². The predicted molar refractivity (Wildman–Crippen MR) is 78.9 cm³/mol. The summed E-state index contributed by atoms with van der Waals surface area (Å²) in [6.07, 6.45) is 0.603. The smallest absolute Gasteiger partial charge is 0.270 e. The molecule has 108 valence electrons. The van der Waals surface area contributed by atoms with Crippen LogP contribution in [0.2, 0.25) is 0 Å². The number of hydrogen-bond acceptors (Lipinski definition) is 5. The van der Waals surface area contributed by atoms with Crippen molar-refractivity contribution in [2.75, 3.05) is 5.73 Å². The molecule has 7 heteroatoms. The molecule has 0 fully saturated rings. The van der Waals surface area contributed by atoms with Crippen molar-refractivity contribution in [2.24, 2.45) is 0 Å². The van der Waals surface area contributed by atoms with Crippen LogP contribution >= 0.6 is 0 Å². The summed E-state index contributed by atoms with van der Waals surface area (Å²) in [6.45, 7) is 5.96. The van der Waals surface area contributed by atoms with Gasteiger partial charge >= 0.3 is 0 Å². The van der Waals surface area contributed by atoms with E-state index < -0.39 is 4.92 Å². The molecule has 2 aromatic rings. The largest absolute Gasteiger partial charge is 0.383 e. The SMILES string of the molecule is C=C(C)Cn1nc(-c2cccc([N+](=O)[O-])c2)c(C=O)c1N. The maximum atomic E-state index is 11.2. The number of allylic oxidation sites excluding steroid dienone is 1. The summed E-state index contributed by atoms with van der Waals surface area (Å²) in [6, 6.07) is 5.92. The Bertz CT molecular complexity index is 734. The maximum Gasteiger partial charge on any atom is 0.270 e. The summed E-state index contributed by atoms with van der Waals surface area (Å²) in [5, 5.41) is 15.1. The van der Waals surface area contributed by atoms with E-state index in [-0.39, 0.29) is 17.1 Å². The van der Waals surface area contributed by atoms with E-state index in [9.17, 15) is 14.9 Å². The second-order valence-corrected chi connectivity index (χ2v) is 4.69. The number of nitro groups is 1. The molecule has 2 rings (SSSR count). The van der Waals surface area contributed by atoms with Gasteiger partial charge in [-0.05, 0) is 6.92 Å². The number of nitrogens with two attached hydrogens (primary N) is 1. The van der Waals surface area contributed by atoms with E-state index in [1.807, 2.05) is 6.92 Å². The first-order valence-electron chi connectivity index (χ1n) is 6.14.